The molecule has 152 valence electrons. The summed E-state index contributed by atoms with van der Waals surface area (Å²) in [6.07, 6.45) is 4.33. The van der Waals surface area contributed by atoms with Crippen molar-refractivity contribution in [3.8, 4) is 5.75 Å². The fourth-order valence-corrected chi connectivity index (χ4v) is 4.25. The largest absolute Gasteiger partial charge is 0.508 e. The van der Waals surface area contributed by atoms with Crippen LogP contribution in [-0.2, 0) is 17.8 Å². The first kappa shape index (κ1) is 19.4. The number of halogens is 2. The third-order valence-corrected chi connectivity index (χ3v) is 5.89. The normalized spacial score (nSPS) is 19.4. The van der Waals surface area contributed by atoms with Crippen molar-refractivity contribution in [3.05, 3.63) is 65.4 Å². The molecular formula is C23H24F2N2O2. The van der Waals surface area contributed by atoms with Crippen molar-refractivity contribution in [3.63, 3.8) is 0 Å². The molecule has 0 radical (unpaired) electrons. The number of nitrogens with one attached hydrogen (secondary N) is 2. The topological polar surface area (TPSA) is 65.1 Å². The number of carbonyl (C=O) groups is 1. The number of H-pyrrole nitrogens is 1. The number of hydrogen-bond acceptors (Lipinski definition) is 2. The summed E-state index contributed by atoms with van der Waals surface area (Å²) in [5, 5.41) is 13.4. The van der Waals surface area contributed by atoms with Gasteiger partial charge in [0.05, 0.1) is 0 Å². The maximum atomic E-state index is 13.7. The number of fused-ring (bicyclic) bond motifs is 1. The van der Waals surface area contributed by atoms with Crippen LogP contribution in [0.15, 0.2) is 42.5 Å². The standard InChI is InChI=1S/C23H24F2N2O2/c24-20-2-1-3-21(25)19(20)13-26-23(29)15-6-4-14(5-7-15)10-17-11-16-8-9-18(28)12-22(16)27-17/h1-3,8-9,11-12,14-15,27-28H,4-7,10,13H2,(H,26,29). The Morgan fingerprint density at radius 1 is 1.07 bits per heavy atom. The number of aromatic hydroxyl groups is 1. The minimum Gasteiger partial charge on any atom is -0.508 e. The molecule has 1 aliphatic rings. The molecule has 1 aliphatic carbocycles. The maximum absolute atomic E-state index is 13.7. The molecule has 4 nitrogen and oxygen atoms in total. The molecule has 1 amide bonds. The maximum Gasteiger partial charge on any atom is 0.223 e. The fraction of sp³-hybridized carbons (Fsp3) is 0.348. The number of benzene rings is 2. The molecule has 3 N–H and O–H groups in total. The molecule has 3 aromatic rings. The average molecular weight is 398 g/mol. The number of phenolic OH excluding ortho intramolecular Hbond substituents is 1. The Morgan fingerprint density at radius 3 is 2.52 bits per heavy atom. The summed E-state index contributed by atoms with van der Waals surface area (Å²) in [7, 11) is 0. The van der Waals surface area contributed by atoms with Gasteiger partial charge < -0.3 is 15.4 Å². The number of phenols is 1. The van der Waals surface area contributed by atoms with Crippen molar-refractivity contribution >= 4 is 16.8 Å². The van der Waals surface area contributed by atoms with Crippen LogP contribution >= 0.6 is 0 Å². The van der Waals surface area contributed by atoms with Gasteiger partial charge in [-0.3, -0.25) is 4.79 Å². The predicted octanol–water partition coefficient (Wildman–Crippen LogP) is 4.82. The van der Waals surface area contributed by atoms with Crippen molar-refractivity contribution in [1.29, 1.82) is 0 Å². The van der Waals surface area contributed by atoms with Crippen molar-refractivity contribution < 1.29 is 18.7 Å². The monoisotopic (exact) mass is 398 g/mol. The summed E-state index contributed by atoms with van der Waals surface area (Å²) in [4.78, 5) is 15.8. The van der Waals surface area contributed by atoms with Gasteiger partial charge in [0.15, 0.2) is 0 Å². The van der Waals surface area contributed by atoms with E-state index >= 15 is 0 Å². The van der Waals surface area contributed by atoms with Crippen molar-refractivity contribution in [1.82, 2.24) is 10.3 Å². The van der Waals surface area contributed by atoms with Gasteiger partial charge in [0.25, 0.3) is 0 Å². The van der Waals surface area contributed by atoms with E-state index in [1.807, 2.05) is 6.07 Å². The lowest BCUT2D eigenvalue weighted by Crippen LogP contribution is -2.33. The van der Waals surface area contributed by atoms with Gasteiger partial charge in [-0.2, -0.15) is 0 Å². The molecule has 0 bridgehead atoms. The van der Waals surface area contributed by atoms with Crippen LogP contribution in [0, 0.1) is 23.5 Å². The van der Waals surface area contributed by atoms with Gasteiger partial charge in [-0.15, -0.1) is 0 Å². The highest BCUT2D eigenvalue weighted by Gasteiger charge is 2.27. The van der Waals surface area contributed by atoms with Crippen molar-refractivity contribution in [2.24, 2.45) is 11.8 Å². The molecule has 1 fully saturated rings. The van der Waals surface area contributed by atoms with Gasteiger partial charge in [0.1, 0.15) is 17.4 Å². The third kappa shape index (κ3) is 4.42. The van der Waals surface area contributed by atoms with Gasteiger partial charge in [-0.25, -0.2) is 8.78 Å². The lowest BCUT2D eigenvalue weighted by molar-refractivity contribution is -0.126. The minimum atomic E-state index is -0.638. The number of hydrogen-bond donors (Lipinski definition) is 3. The summed E-state index contributed by atoms with van der Waals surface area (Å²) >= 11 is 0. The quantitative estimate of drug-likeness (QED) is 0.577. The second-order valence-corrected chi connectivity index (χ2v) is 7.91. The molecular weight excluding hydrogens is 374 g/mol. The number of aromatic amines is 1. The summed E-state index contributed by atoms with van der Waals surface area (Å²) in [5.41, 5.74) is 1.96. The van der Waals surface area contributed by atoms with Crippen LogP contribution in [0.2, 0.25) is 0 Å². The van der Waals surface area contributed by atoms with Crippen molar-refractivity contribution in [2.75, 3.05) is 0 Å². The summed E-state index contributed by atoms with van der Waals surface area (Å²) in [6.45, 7) is -0.126. The molecule has 1 heterocycles. The van der Waals surface area contributed by atoms with E-state index < -0.39 is 11.6 Å². The highest BCUT2D eigenvalue weighted by molar-refractivity contribution is 5.81. The highest BCUT2D eigenvalue weighted by atomic mass is 19.1. The Balaban J connectivity index is 1.29. The van der Waals surface area contributed by atoms with Crippen LogP contribution in [0.4, 0.5) is 8.78 Å². The Kier molecular flexibility index (Phi) is 5.51. The van der Waals surface area contributed by atoms with E-state index in [2.05, 4.69) is 16.4 Å². The average Bonchev–Trinajstić information content (AvgIpc) is 3.09. The van der Waals surface area contributed by atoms with Gasteiger partial charge in [-0.05, 0) is 73.7 Å². The summed E-state index contributed by atoms with van der Waals surface area (Å²) < 4.78 is 27.4. The van der Waals surface area contributed by atoms with E-state index in [-0.39, 0.29) is 29.7 Å². The van der Waals surface area contributed by atoms with E-state index in [1.54, 1.807) is 12.1 Å². The molecule has 0 unspecified atom stereocenters. The second-order valence-electron chi connectivity index (χ2n) is 7.91. The highest BCUT2D eigenvalue weighted by Crippen LogP contribution is 2.32. The first-order chi connectivity index (χ1) is 14.0. The fourth-order valence-electron chi connectivity index (χ4n) is 4.25. The summed E-state index contributed by atoms with van der Waals surface area (Å²) in [5.74, 6) is -0.785. The number of amides is 1. The Labute approximate surface area is 167 Å². The van der Waals surface area contributed by atoms with E-state index in [0.29, 0.717) is 5.92 Å². The van der Waals surface area contributed by atoms with Crippen LogP contribution in [0.25, 0.3) is 10.9 Å². The zero-order valence-electron chi connectivity index (χ0n) is 16.1. The Morgan fingerprint density at radius 2 is 1.79 bits per heavy atom. The molecule has 0 atom stereocenters. The zero-order valence-corrected chi connectivity index (χ0v) is 16.1. The van der Waals surface area contributed by atoms with Crippen LogP contribution < -0.4 is 5.32 Å². The van der Waals surface area contributed by atoms with Gasteiger partial charge in [-0.1, -0.05) is 6.07 Å². The smallest absolute Gasteiger partial charge is 0.223 e. The first-order valence-corrected chi connectivity index (χ1v) is 10.0. The van der Waals surface area contributed by atoms with E-state index in [9.17, 15) is 18.7 Å². The molecule has 29 heavy (non-hydrogen) atoms. The second kappa shape index (κ2) is 8.23. The van der Waals surface area contributed by atoms with Crippen LogP contribution in [0.1, 0.15) is 36.9 Å². The third-order valence-electron chi connectivity index (χ3n) is 5.89. The summed E-state index contributed by atoms with van der Waals surface area (Å²) in [6, 6.07) is 11.1. The van der Waals surface area contributed by atoms with Crippen LogP contribution in [-0.4, -0.2) is 16.0 Å². The zero-order chi connectivity index (χ0) is 20.4. The van der Waals surface area contributed by atoms with E-state index in [0.717, 1.165) is 48.7 Å². The van der Waals surface area contributed by atoms with Crippen LogP contribution in [0.3, 0.4) is 0 Å². The molecule has 4 rings (SSSR count). The molecule has 6 heteroatoms. The van der Waals surface area contributed by atoms with E-state index in [1.165, 1.54) is 18.2 Å². The molecule has 2 aromatic carbocycles. The van der Waals surface area contributed by atoms with Gasteiger partial charge in [0, 0.05) is 35.3 Å². The van der Waals surface area contributed by atoms with E-state index in [4.69, 9.17) is 0 Å². The SMILES string of the molecule is O=C(NCc1c(F)cccc1F)C1CCC(Cc2cc3ccc(O)cc3[nH]2)CC1. The Hall–Kier alpha value is -2.89. The van der Waals surface area contributed by atoms with Gasteiger partial charge in [0.2, 0.25) is 5.91 Å². The lowest BCUT2D eigenvalue weighted by atomic mass is 9.79. The molecule has 1 aromatic heterocycles. The molecule has 0 aliphatic heterocycles. The Bertz CT molecular complexity index is 1000. The number of carbonyl (C=O) groups excluding carboxylic acids is 1. The first-order valence-electron chi connectivity index (χ1n) is 10.0. The number of aromatic nitrogens is 1. The minimum absolute atomic E-state index is 0.0978. The number of rotatable bonds is 5. The van der Waals surface area contributed by atoms with Crippen molar-refractivity contribution in [2.45, 2.75) is 38.6 Å². The van der Waals surface area contributed by atoms with Crippen LogP contribution in [0.5, 0.6) is 5.75 Å². The lowest BCUT2D eigenvalue weighted by Gasteiger charge is -2.27. The predicted molar refractivity (Wildman–Crippen MR) is 107 cm³/mol. The molecule has 1 saturated carbocycles. The molecule has 0 spiro atoms. The van der Waals surface area contributed by atoms with Gasteiger partial charge >= 0.3 is 0 Å². The molecule has 0 saturated heterocycles.